The number of hydrogen-bond donors (Lipinski definition) is 1. The van der Waals surface area contributed by atoms with Crippen molar-refractivity contribution in [3.8, 4) is 22.8 Å². The van der Waals surface area contributed by atoms with E-state index in [2.05, 4.69) is 15.5 Å². The van der Waals surface area contributed by atoms with Gasteiger partial charge in [0.2, 0.25) is 5.91 Å². The third-order valence-corrected chi connectivity index (χ3v) is 5.54. The molecule has 0 aliphatic carbocycles. The number of para-hydroxylation sites is 1. The Morgan fingerprint density at radius 3 is 2.58 bits per heavy atom. The smallest absolute Gasteiger partial charge is 0.234 e. The summed E-state index contributed by atoms with van der Waals surface area (Å²) in [6.07, 6.45) is 0. The molecule has 0 fully saturated rings. The number of nitrogens with one attached hydrogen (secondary N) is 1. The van der Waals surface area contributed by atoms with Crippen molar-refractivity contribution in [2.75, 3.05) is 18.2 Å². The quantitative estimate of drug-likeness (QED) is 0.419. The second kappa shape index (κ2) is 9.49. The number of hydrogen-bond acceptors (Lipinski definition) is 5. The van der Waals surface area contributed by atoms with Gasteiger partial charge in [0.15, 0.2) is 11.0 Å². The minimum Gasteiger partial charge on any atom is -0.497 e. The number of anilines is 1. The Bertz CT molecular complexity index is 1190. The van der Waals surface area contributed by atoms with Crippen molar-refractivity contribution in [2.45, 2.75) is 12.1 Å². The summed E-state index contributed by atoms with van der Waals surface area (Å²) < 4.78 is 7.31. The first-order chi connectivity index (χ1) is 15.1. The van der Waals surface area contributed by atoms with Crippen LogP contribution in [0.25, 0.3) is 17.1 Å². The predicted molar refractivity (Wildman–Crippen MR) is 124 cm³/mol. The Labute approximate surface area is 185 Å². The fourth-order valence-electron chi connectivity index (χ4n) is 3.17. The van der Waals surface area contributed by atoms with Gasteiger partial charge >= 0.3 is 0 Å². The standard InChI is InChI=1S/C24H22N4O2S/c1-17-8-6-10-19(14-17)25-22(29)16-31-24-27-26-23(18-9-7-13-21(15-18)30-2)28(24)20-11-4-3-5-12-20/h3-15H,16H2,1-2H3,(H,25,29). The number of ether oxygens (including phenoxy) is 1. The highest BCUT2D eigenvalue weighted by Gasteiger charge is 2.17. The fraction of sp³-hybridized carbons (Fsp3) is 0.125. The highest BCUT2D eigenvalue weighted by Crippen LogP contribution is 2.29. The summed E-state index contributed by atoms with van der Waals surface area (Å²) in [7, 11) is 1.63. The first kappa shape index (κ1) is 20.7. The van der Waals surface area contributed by atoms with E-state index in [1.54, 1.807) is 7.11 Å². The molecule has 0 saturated carbocycles. The molecule has 0 saturated heterocycles. The van der Waals surface area contributed by atoms with Gasteiger partial charge in [0, 0.05) is 16.9 Å². The fourth-order valence-corrected chi connectivity index (χ4v) is 3.92. The van der Waals surface area contributed by atoms with Gasteiger partial charge < -0.3 is 10.1 Å². The van der Waals surface area contributed by atoms with Gasteiger partial charge in [-0.25, -0.2) is 0 Å². The Balaban J connectivity index is 1.60. The van der Waals surface area contributed by atoms with E-state index < -0.39 is 0 Å². The number of benzene rings is 3. The monoisotopic (exact) mass is 430 g/mol. The summed E-state index contributed by atoms with van der Waals surface area (Å²) in [5, 5.41) is 12.4. The Morgan fingerprint density at radius 1 is 1.00 bits per heavy atom. The molecule has 3 aromatic carbocycles. The molecule has 7 heteroatoms. The van der Waals surface area contributed by atoms with E-state index in [1.165, 1.54) is 11.8 Å². The van der Waals surface area contributed by atoms with Crippen molar-refractivity contribution in [1.29, 1.82) is 0 Å². The Morgan fingerprint density at radius 2 is 1.81 bits per heavy atom. The normalized spacial score (nSPS) is 10.6. The Kier molecular flexibility index (Phi) is 6.33. The van der Waals surface area contributed by atoms with Crippen LogP contribution < -0.4 is 10.1 Å². The van der Waals surface area contributed by atoms with Crippen LogP contribution in [-0.2, 0) is 4.79 Å². The predicted octanol–water partition coefficient (Wildman–Crippen LogP) is 4.98. The summed E-state index contributed by atoms with van der Waals surface area (Å²) in [6, 6.07) is 25.3. The molecule has 4 rings (SSSR count). The lowest BCUT2D eigenvalue weighted by Crippen LogP contribution is -2.14. The van der Waals surface area contributed by atoms with Crippen LogP contribution in [0.4, 0.5) is 5.69 Å². The molecule has 0 bridgehead atoms. The van der Waals surface area contributed by atoms with Crippen LogP contribution in [0.2, 0.25) is 0 Å². The van der Waals surface area contributed by atoms with Crippen molar-refractivity contribution in [1.82, 2.24) is 14.8 Å². The maximum Gasteiger partial charge on any atom is 0.234 e. The van der Waals surface area contributed by atoms with Crippen LogP contribution in [-0.4, -0.2) is 33.5 Å². The van der Waals surface area contributed by atoms with Crippen LogP contribution >= 0.6 is 11.8 Å². The van der Waals surface area contributed by atoms with Crippen LogP contribution in [0, 0.1) is 6.92 Å². The number of aromatic nitrogens is 3. The summed E-state index contributed by atoms with van der Waals surface area (Å²) in [5.74, 6) is 1.55. The third-order valence-electron chi connectivity index (χ3n) is 4.61. The molecule has 0 aliphatic rings. The summed E-state index contributed by atoms with van der Waals surface area (Å²) in [4.78, 5) is 12.5. The summed E-state index contributed by atoms with van der Waals surface area (Å²) in [5.41, 5.74) is 3.68. The van der Waals surface area contributed by atoms with E-state index in [1.807, 2.05) is 90.4 Å². The molecule has 4 aromatic rings. The summed E-state index contributed by atoms with van der Waals surface area (Å²) >= 11 is 1.34. The number of nitrogens with zero attached hydrogens (tertiary/aromatic N) is 3. The van der Waals surface area contributed by atoms with E-state index in [0.717, 1.165) is 28.3 Å². The zero-order valence-electron chi connectivity index (χ0n) is 17.3. The molecule has 0 spiro atoms. The summed E-state index contributed by atoms with van der Waals surface area (Å²) in [6.45, 7) is 1.99. The van der Waals surface area contributed by atoms with Crippen LogP contribution in [0.1, 0.15) is 5.56 Å². The van der Waals surface area contributed by atoms with E-state index >= 15 is 0 Å². The molecule has 1 heterocycles. The number of carbonyl (C=O) groups excluding carboxylic acids is 1. The highest BCUT2D eigenvalue weighted by atomic mass is 32.2. The first-order valence-electron chi connectivity index (χ1n) is 9.78. The molecule has 0 radical (unpaired) electrons. The maximum atomic E-state index is 12.5. The minimum absolute atomic E-state index is 0.0962. The van der Waals surface area contributed by atoms with Gasteiger partial charge in [-0.05, 0) is 48.9 Å². The molecule has 1 amide bonds. The molecule has 0 unspecified atom stereocenters. The van der Waals surface area contributed by atoms with E-state index in [-0.39, 0.29) is 11.7 Å². The van der Waals surface area contributed by atoms with Crippen molar-refractivity contribution < 1.29 is 9.53 Å². The van der Waals surface area contributed by atoms with Gasteiger partial charge in [-0.3, -0.25) is 9.36 Å². The third kappa shape index (κ3) is 4.95. The average molecular weight is 431 g/mol. The average Bonchev–Trinajstić information content (AvgIpc) is 3.22. The molecule has 0 atom stereocenters. The molecule has 1 N–H and O–H groups in total. The molecule has 0 aliphatic heterocycles. The second-order valence-electron chi connectivity index (χ2n) is 6.92. The van der Waals surface area contributed by atoms with Crippen molar-refractivity contribution in [2.24, 2.45) is 0 Å². The van der Waals surface area contributed by atoms with Crippen molar-refractivity contribution in [3.63, 3.8) is 0 Å². The van der Waals surface area contributed by atoms with E-state index in [0.29, 0.717) is 11.0 Å². The Hall–Kier alpha value is -3.58. The maximum absolute atomic E-state index is 12.5. The number of carbonyl (C=O) groups is 1. The number of methoxy groups -OCH3 is 1. The topological polar surface area (TPSA) is 69.0 Å². The van der Waals surface area contributed by atoms with Gasteiger partial charge in [-0.15, -0.1) is 10.2 Å². The first-order valence-corrected chi connectivity index (χ1v) is 10.8. The van der Waals surface area contributed by atoms with Gasteiger partial charge in [0.05, 0.1) is 12.9 Å². The van der Waals surface area contributed by atoms with Gasteiger partial charge in [-0.1, -0.05) is 54.2 Å². The second-order valence-corrected chi connectivity index (χ2v) is 7.86. The zero-order chi connectivity index (χ0) is 21.6. The molecule has 156 valence electrons. The van der Waals surface area contributed by atoms with Crippen LogP contribution in [0.3, 0.4) is 0 Å². The van der Waals surface area contributed by atoms with Crippen LogP contribution in [0.5, 0.6) is 5.75 Å². The minimum atomic E-state index is -0.0962. The number of thioether (sulfide) groups is 1. The lowest BCUT2D eigenvalue weighted by molar-refractivity contribution is -0.113. The number of rotatable bonds is 7. The number of aryl methyl sites for hydroxylation is 1. The molecule has 31 heavy (non-hydrogen) atoms. The van der Waals surface area contributed by atoms with E-state index in [4.69, 9.17) is 4.74 Å². The van der Waals surface area contributed by atoms with Gasteiger partial charge in [0.1, 0.15) is 5.75 Å². The SMILES string of the molecule is COc1cccc(-c2nnc(SCC(=O)Nc3cccc(C)c3)n2-c2ccccc2)c1. The molecule has 1 aromatic heterocycles. The van der Waals surface area contributed by atoms with Gasteiger partial charge in [-0.2, -0.15) is 0 Å². The lowest BCUT2D eigenvalue weighted by atomic mass is 10.2. The number of amides is 1. The zero-order valence-corrected chi connectivity index (χ0v) is 18.1. The highest BCUT2D eigenvalue weighted by molar-refractivity contribution is 7.99. The van der Waals surface area contributed by atoms with Crippen LogP contribution in [0.15, 0.2) is 84.0 Å². The largest absolute Gasteiger partial charge is 0.497 e. The lowest BCUT2D eigenvalue weighted by Gasteiger charge is -2.11. The van der Waals surface area contributed by atoms with Gasteiger partial charge in [0.25, 0.3) is 0 Å². The van der Waals surface area contributed by atoms with Crippen molar-refractivity contribution >= 4 is 23.4 Å². The molecular weight excluding hydrogens is 408 g/mol. The molecule has 6 nitrogen and oxygen atoms in total. The molecular formula is C24H22N4O2S. The van der Waals surface area contributed by atoms with E-state index in [9.17, 15) is 4.79 Å². The van der Waals surface area contributed by atoms with Crippen molar-refractivity contribution in [3.05, 3.63) is 84.4 Å².